The van der Waals surface area contributed by atoms with Gasteiger partial charge in [0.15, 0.2) is 5.78 Å². The van der Waals surface area contributed by atoms with Crippen LogP contribution < -0.4 is 5.32 Å². The second-order valence-electron chi connectivity index (χ2n) is 6.15. The zero-order chi connectivity index (χ0) is 19.6. The summed E-state index contributed by atoms with van der Waals surface area (Å²) in [4.78, 5) is 23.5. The van der Waals surface area contributed by atoms with Gasteiger partial charge in [-0.25, -0.2) is 0 Å². The van der Waals surface area contributed by atoms with E-state index in [2.05, 4.69) is 20.6 Å². The van der Waals surface area contributed by atoms with Crippen molar-refractivity contribution in [1.82, 2.24) is 25.3 Å². The molecule has 0 saturated heterocycles. The molecule has 1 aromatic carbocycles. The SMILES string of the molecule is CC(=O)c1cc(C(=O)N[C@@H](C)Cn2ccc(-c3ccc(Cl)c(Cl)c3)n2)[nH]n1. The fourth-order valence-electron chi connectivity index (χ4n) is 2.52. The molecule has 0 unspecified atom stereocenters. The number of ketones is 1. The summed E-state index contributed by atoms with van der Waals surface area (Å²) in [6, 6.07) is 8.43. The van der Waals surface area contributed by atoms with Gasteiger partial charge in [-0.05, 0) is 31.2 Å². The Morgan fingerprint density at radius 3 is 2.67 bits per heavy atom. The van der Waals surface area contributed by atoms with E-state index in [0.29, 0.717) is 16.6 Å². The van der Waals surface area contributed by atoms with Gasteiger partial charge in [0.25, 0.3) is 5.91 Å². The molecule has 2 N–H and O–H groups in total. The first-order valence-corrected chi connectivity index (χ1v) is 8.95. The number of hydrogen-bond acceptors (Lipinski definition) is 4. The van der Waals surface area contributed by atoms with Crippen molar-refractivity contribution in [1.29, 1.82) is 0 Å². The molecule has 0 radical (unpaired) electrons. The molecule has 9 heteroatoms. The number of halogens is 2. The number of Topliss-reactive ketones (excluding diaryl/α,β-unsaturated/α-hetero) is 1. The third-order valence-corrected chi connectivity index (χ3v) is 4.62. The topological polar surface area (TPSA) is 92.7 Å². The molecule has 0 saturated carbocycles. The van der Waals surface area contributed by atoms with Gasteiger partial charge >= 0.3 is 0 Å². The third kappa shape index (κ3) is 4.56. The molecule has 7 nitrogen and oxygen atoms in total. The fourth-order valence-corrected chi connectivity index (χ4v) is 2.82. The van der Waals surface area contributed by atoms with E-state index in [1.54, 1.807) is 16.8 Å². The van der Waals surface area contributed by atoms with Crippen LogP contribution >= 0.6 is 23.2 Å². The molecule has 0 fully saturated rings. The van der Waals surface area contributed by atoms with E-state index >= 15 is 0 Å². The van der Waals surface area contributed by atoms with Crippen LogP contribution in [0.2, 0.25) is 10.0 Å². The maximum absolute atomic E-state index is 12.2. The fraction of sp³-hybridized carbons (Fsp3) is 0.222. The molecule has 0 aliphatic rings. The second kappa shape index (κ2) is 7.94. The van der Waals surface area contributed by atoms with Crippen molar-refractivity contribution in [3.05, 3.63) is 58.0 Å². The summed E-state index contributed by atoms with van der Waals surface area (Å²) in [5.41, 5.74) is 2.08. The van der Waals surface area contributed by atoms with Crippen LogP contribution in [0.15, 0.2) is 36.5 Å². The first-order chi connectivity index (χ1) is 12.8. The Bertz CT molecular complexity index is 995. The number of carbonyl (C=O) groups is 2. The maximum Gasteiger partial charge on any atom is 0.269 e. The van der Waals surface area contributed by atoms with Gasteiger partial charge in [-0.2, -0.15) is 10.2 Å². The van der Waals surface area contributed by atoms with Crippen molar-refractivity contribution in [3.8, 4) is 11.3 Å². The van der Waals surface area contributed by atoms with Crippen LogP contribution in [0.3, 0.4) is 0 Å². The van der Waals surface area contributed by atoms with Gasteiger partial charge in [-0.1, -0.05) is 29.3 Å². The van der Waals surface area contributed by atoms with E-state index in [0.717, 1.165) is 11.3 Å². The van der Waals surface area contributed by atoms with Crippen molar-refractivity contribution in [2.24, 2.45) is 0 Å². The van der Waals surface area contributed by atoms with E-state index in [1.807, 2.05) is 25.3 Å². The first-order valence-electron chi connectivity index (χ1n) is 8.19. The summed E-state index contributed by atoms with van der Waals surface area (Å²) in [6.07, 6.45) is 1.82. The minimum atomic E-state index is -0.334. The molecular weight excluding hydrogens is 389 g/mol. The third-order valence-electron chi connectivity index (χ3n) is 3.88. The molecule has 0 spiro atoms. The molecule has 0 aliphatic heterocycles. The van der Waals surface area contributed by atoms with Gasteiger partial charge in [-0.3, -0.25) is 19.4 Å². The highest BCUT2D eigenvalue weighted by Gasteiger charge is 2.15. The number of nitrogens with one attached hydrogen (secondary N) is 2. The quantitative estimate of drug-likeness (QED) is 0.612. The normalized spacial score (nSPS) is 12.0. The van der Waals surface area contributed by atoms with E-state index in [9.17, 15) is 9.59 Å². The molecule has 3 rings (SSSR count). The minimum Gasteiger partial charge on any atom is -0.346 e. The van der Waals surface area contributed by atoms with Gasteiger partial charge in [0.2, 0.25) is 0 Å². The zero-order valence-corrected chi connectivity index (χ0v) is 16.2. The Morgan fingerprint density at radius 1 is 1.22 bits per heavy atom. The van der Waals surface area contributed by atoms with Crippen molar-refractivity contribution in [2.45, 2.75) is 26.4 Å². The van der Waals surface area contributed by atoms with Gasteiger partial charge in [-0.15, -0.1) is 0 Å². The number of H-pyrrole nitrogens is 1. The molecule has 3 aromatic rings. The summed E-state index contributed by atoms with van der Waals surface area (Å²) in [5, 5.41) is 14.7. The lowest BCUT2D eigenvalue weighted by Gasteiger charge is -2.13. The lowest BCUT2D eigenvalue weighted by molar-refractivity contribution is 0.0930. The van der Waals surface area contributed by atoms with Crippen LogP contribution in [0, 0.1) is 0 Å². The number of amides is 1. The van der Waals surface area contributed by atoms with Gasteiger partial charge in [0, 0.05) is 24.7 Å². The number of carbonyl (C=O) groups excluding carboxylic acids is 2. The molecule has 2 heterocycles. The predicted molar refractivity (Wildman–Crippen MR) is 103 cm³/mol. The Kier molecular flexibility index (Phi) is 5.62. The summed E-state index contributed by atoms with van der Waals surface area (Å²) >= 11 is 12.0. The Labute approximate surface area is 165 Å². The van der Waals surface area contributed by atoms with Crippen molar-refractivity contribution in [2.75, 3.05) is 0 Å². The highest BCUT2D eigenvalue weighted by Crippen LogP contribution is 2.27. The standard InChI is InChI=1S/C18H17Cl2N5O2/c1-10(21-18(27)17-8-16(11(2)26)22-23-17)9-25-6-5-15(24-25)12-3-4-13(19)14(20)7-12/h3-8,10H,9H2,1-2H3,(H,21,27)(H,22,23)/t10-/m0/s1. The molecule has 27 heavy (non-hydrogen) atoms. The smallest absolute Gasteiger partial charge is 0.269 e. The van der Waals surface area contributed by atoms with Crippen molar-refractivity contribution in [3.63, 3.8) is 0 Å². The van der Waals surface area contributed by atoms with Crippen LogP contribution in [-0.2, 0) is 6.54 Å². The van der Waals surface area contributed by atoms with Crippen LogP contribution in [0.4, 0.5) is 0 Å². The van der Waals surface area contributed by atoms with Crippen LogP contribution in [0.5, 0.6) is 0 Å². The Hall–Kier alpha value is -2.64. The molecular formula is C18H17Cl2N5O2. The van der Waals surface area contributed by atoms with E-state index < -0.39 is 0 Å². The largest absolute Gasteiger partial charge is 0.346 e. The number of nitrogens with zero attached hydrogens (tertiary/aromatic N) is 3. The highest BCUT2D eigenvalue weighted by molar-refractivity contribution is 6.42. The second-order valence-corrected chi connectivity index (χ2v) is 6.96. The molecule has 2 aromatic heterocycles. The van der Waals surface area contributed by atoms with Gasteiger partial charge < -0.3 is 5.32 Å². The number of rotatable bonds is 6. The molecule has 0 aliphatic carbocycles. The van der Waals surface area contributed by atoms with Crippen molar-refractivity contribution >= 4 is 34.9 Å². The van der Waals surface area contributed by atoms with Crippen LogP contribution in [-0.4, -0.2) is 37.7 Å². The Balaban J connectivity index is 1.63. The molecule has 1 atom stereocenters. The molecule has 140 valence electrons. The minimum absolute atomic E-state index is 0.192. The van der Waals surface area contributed by atoms with E-state index in [1.165, 1.54) is 13.0 Å². The number of aromatic amines is 1. The Morgan fingerprint density at radius 2 is 2.00 bits per heavy atom. The van der Waals surface area contributed by atoms with Gasteiger partial charge in [0.05, 0.1) is 22.3 Å². The summed E-state index contributed by atoms with van der Waals surface area (Å²) in [7, 11) is 0. The molecule has 0 bridgehead atoms. The van der Waals surface area contributed by atoms with E-state index in [-0.39, 0.29) is 29.1 Å². The number of benzene rings is 1. The average molecular weight is 406 g/mol. The van der Waals surface area contributed by atoms with Crippen LogP contribution in [0.25, 0.3) is 11.3 Å². The monoisotopic (exact) mass is 405 g/mol. The maximum atomic E-state index is 12.2. The lowest BCUT2D eigenvalue weighted by atomic mass is 10.2. The first kappa shape index (κ1) is 19.1. The number of aromatic nitrogens is 4. The summed E-state index contributed by atoms with van der Waals surface area (Å²) in [5.74, 6) is -0.538. The summed E-state index contributed by atoms with van der Waals surface area (Å²) < 4.78 is 1.73. The van der Waals surface area contributed by atoms with Crippen LogP contribution in [0.1, 0.15) is 34.8 Å². The van der Waals surface area contributed by atoms with Gasteiger partial charge in [0.1, 0.15) is 11.4 Å². The average Bonchev–Trinajstić information content (AvgIpc) is 3.26. The predicted octanol–water partition coefficient (Wildman–Crippen LogP) is 3.60. The highest BCUT2D eigenvalue weighted by atomic mass is 35.5. The lowest BCUT2D eigenvalue weighted by Crippen LogP contribution is -2.36. The van der Waals surface area contributed by atoms with E-state index in [4.69, 9.17) is 23.2 Å². The van der Waals surface area contributed by atoms with Crippen molar-refractivity contribution < 1.29 is 9.59 Å². The zero-order valence-electron chi connectivity index (χ0n) is 14.7. The summed E-state index contributed by atoms with van der Waals surface area (Å²) in [6.45, 7) is 3.73. The number of hydrogen-bond donors (Lipinski definition) is 2. The molecule has 1 amide bonds.